The molecule has 0 heterocycles. The van der Waals surface area contributed by atoms with Crippen LogP contribution >= 0.6 is 0 Å². The number of hydrogen-bond acceptors (Lipinski definition) is 6. The lowest BCUT2D eigenvalue weighted by atomic mass is 10.0. The molecule has 0 aliphatic heterocycles. The maximum Gasteiger partial charge on any atom is 0.306 e. The van der Waals surface area contributed by atoms with E-state index in [0.717, 1.165) is 96.3 Å². The lowest BCUT2D eigenvalue weighted by molar-refractivity contribution is -0.167. The van der Waals surface area contributed by atoms with Crippen molar-refractivity contribution >= 4 is 17.9 Å². The minimum atomic E-state index is -0.786. The third-order valence-corrected chi connectivity index (χ3v) is 16.2. The Balaban J connectivity index is 4.22. The Hall–Kier alpha value is -3.15. The monoisotopic (exact) mass is 1160 g/mol. The zero-order valence-electron chi connectivity index (χ0n) is 55.5. The van der Waals surface area contributed by atoms with Crippen molar-refractivity contribution in [2.75, 3.05) is 13.2 Å². The van der Waals surface area contributed by atoms with E-state index >= 15 is 0 Å². The molecule has 0 aliphatic rings. The van der Waals surface area contributed by atoms with Crippen LogP contribution in [0.15, 0.2) is 72.9 Å². The molecule has 6 heteroatoms. The van der Waals surface area contributed by atoms with E-state index in [-0.39, 0.29) is 31.1 Å². The standard InChI is InChI=1S/C77H138O6/c1-4-7-10-13-16-19-22-25-27-29-31-33-34-35-36-37-38-39-40-41-42-44-45-47-49-52-55-58-61-64-67-70-76(79)82-73-74(72-81-75(78)69-66-63-60-57-54-51-24-21-18-15-12-9-6-3)83-77(80)71-68-65-62-59-56-53-50-48-46-43-32-30-28-26-23-20-17-14-11-8-5-2/h21-26,29-32,46,48,74H,4-20,27-28,33-45,47,49-73H2,1-3H3/b24-21-,25-22-,26-23-,31-29-,32-30-,48-46-. The van der Waals surface area contributed by atoms with E-state index in [1.54, 1.807) is 0 Å². The highest BCUT2D eigenvalue weighted by Crippen LogP contribution is 2.18. The molecule has 1 atom stereocenters. The van der Waals surface area contributed by atoms with Crippen LogP contribution in [0.2, 0.25) is 0 Å². The summed E-state index contributed by atoms with van der Waals surface area (Å²) in [4.78, 5) is 38.4. The lowest BCUT2D eigenvalue weighted by Gasteiger charge is -2.18. The summed E-state index contributed by atoms with van der Waals surface area (Å²) in [5.74, 6) is -0.881. The second-order valence-corrected chi connectivity index (χ2v) is 24.5. The van der Waals surface area contributed by atoms with Crippen LogP contribution < -0.4 is 0 Å². The fraction of sp³-hybridized carbons (Fsp3) is 0.805. The summed E-state index contributed by atoms with van der Waals surface area (Å²) in [5, 5.41) is 0. The number of ether oxygens (including phenoxy) is 3. The summed E-state index contributed by atoms with van der Waals surface area (Å²) in [6.45, 7) is 6.64. The van der Waals surface area contributed by atoms with Crippen LogP contribution in [0.4, 0.5) is 0 Å². The van der Waals surface area contributed by atoms with Gasteiger partial charge in [0.05, 0.1) is 0 Å². The Morgan fingerprint density at radius 1 is 0.241 bits per heavy atom. The molecule has 6 nitrogen and oxygen atoms in total. The van der Waals surface area contributed by atoms with Crippen LogP contribution in [0.5, 0.6) is 0 Å². The van der Waals surface area contributed by atoms with Gasteiger partial charge in [-0.25, -0.2) is 0 Å². The minimum Gasteiger partial charge on any atom is -0.462 e. The van der Waals surface area contributed by atoms with E-state index < -0.39 is 6.10 Å². The molecule has 482 valence electrons. The maximum absolute atomic E-state index is 12.9. The zero-order chi connectivity index (χ0) is 59.9. The summed E-state index contributed by atoms with van der Waals surface area (Å²) in [7, 11) is 0. The molecule has 0 aromatic rings. The summed E-state index contributed by atoms with van der Waals surface area (Å²) in [6.07, 6.45) is 93.7. The van der Waals surface area contributed by atoms with E-state index in [9.17, 15) is 14.4 Å². The molecule has 0 fully saturated rings. The molecule has 0 saturated heterocycles. The zero-order valence-corrected chi connectivity index (χ0v) is 55.5. The number of hydrogen-bond donors (Lipinski definition) is 0. The molecule has 0 spiro atoms. The molecule has 0 aromatic carbocycles. The highest BCUT2D eigenvalue weighted by Gasteiger charge is 2.19. The van der Waals surface area contributed by atoms with Gasteiger partial charge in [-0.3, -0.25) is 14.4 Å². The van der Waals surface area contributed by atoms with Gasteiger partial charge < -0.3 is 14.2 Å². The minimum absolute atomic E-state index is 0.0801. The van der Waals surface area contributed by atoms with Crippen LogP contribution in [-0.4, -0.2) is 37.2 Å². The fourth-order valence-electron chi connectivity index (χ4n) is 10.7. The predicted molar refractivity (Wildman–Crippen MR) is 362 cm³/mol. The second-order valence-electron chi connectivity index (χ2n) is 24.5. The van der Waals surface area contributed by atoms with Crippen molar-refractivity contribution in [2.24, 2.45) is 0 Å². The van der Waals surface area contributed by atoms with Crippen LogP contribution in [0.3, 0.4) is 0 Å². The van der Waals surface area contributed by atoms with Gasteiger partial charge >= 0.3 is 17.9 Å². The summed E-state index contributed by atoms with van der Waals surface area (Å²) >= 11 is 0. The molecule has 83 heavy (non-hydrogen) atoms. The summed E-state index contributed by atoms with van der Waals surface area (Å²) < 4.78 is 17.0. The van der Waals surface area contributed by atoms with Crippen molar-refractivity contribution in [1.29, 1.82) is 0 Å². The van der Waals surface area contributed by atoms with Crippen molar-refractivity contribution in [3.05, 3.63) is 72.9 Å². The first-order valence-corrected chi connectivity index (χ1v) is 36.4. The van der Waals surface area contributed by atoms with Gasteiger partial charge in [-0.15, -0.1) is 0 Å². The van der Waals surface area contributed by atoms with Crippen molar-refractivity contribution in [3.8, 4) is 0 Å². The van der Waals surface area contributed by atoms with E-state index in [2.05, 4.69) is 93.7 Å². The van der Waals surface area contributed by atoms with Gasteiger partial charge in [-0.05, 0) is 116 Å². The number of carbonyl (C=O) groups is 3. The third kappa shape index (κ3) is 69.5. The van der Waals surface area contributed by atoms with Crippen LogP contribution in [0.1, 0.15) is 380 Å². The number of unbranched alkanes of at least 4 members (excludes halogenated alkanes) is 44. The van der Waals surface area contributed by atoms with Crippen molar-refractivity contribution in [2.45, 2.75) is 386 Å². The number of carbonyl (C=O) groups excluding carboxylic acids is 3. The number of allylic oxidation sites excluding steroid dienone is 12. The Kier molecular flexibility index (Phi) is 68.6. The van der Waals surface area contributed by atoms with E-state index in [0.29, 0.717) is 19.3 Å². The molecule has 0 saturated carbocycles. The van der Waals surface area contributed by atoms with E-state index in [1.165, 1.54) is 244 Å². The van der Waals surface area contributed by atoms with Crippen molar-refractivity contribution in [3.63, 3.8) is 0 Å². The van der Waals surface area contributed by atoms with Crippen LogP contribution in [0, 0.1) is 0 Å². The normalized spacial score (nSPS) is 12.5. The largest absolute Gasteiger partial charge is 0.462 e. The second kappa shape index (κ2) is 71.3. The van der Waals surface area contributed by atoms with Crippen molar-refractivity contribution < 1.29 is 28.6 Å². The Labute approximate surface area is 516 Å². The van der Waals surface area contributed by atoms with Crippen molar-refractivity contribution in [1.82, 2.24) is 0 Å². The lowest BCUT2D eigenvalue weighted by Crippen LogP contribution is -2.30. The Morgan fingerprint density at radius 3 is 0.699 bits per heavy atom. The molecule has 0 N–H and O–H groups in total. The van der Waals surface area contributed by atoms with Gasteiger partial charge in [-0.2, -0.15) is 0 Å². The molecule has 0 amide bonds. The van der Waals surface area contributed by atoms with E-state index in [1.807, 2.05) is 0 Å². The molecular formula is C77H138O6. The fourth-order valence-corrected chi connectivity index (χ4v) is 10.7. The topological polar surface area (TPSA) is 78.9 Å². The van der Waals surface area contributed by atoms with Gasteiger partial charge in [0.15, 0.2) is 6.10 Å². The predicted octanol–water partition coefficient (Wildman–Crippen LogP) is 25.2. The number of esters is 3. The highest BCUT2D eigenvalue weighted by atomic mass is 16.6. The van der Waals surface area contributed by atoms with Gasteiger partial charge in [0.25, 0.3) is 0 Å². The first kappa shape index (κ1) is 79.8. The van der Waals surface area contributed by atoms with Gasteiger partial charge in [-0.1, -0.05) is 318 Å². The van der Waals surface area contributed by atoms with Gasteiger partial charge in [0, 0.05) is 19.3 Å². The molecular weight excluding hydrogens is 1020 g/mol. The van der Waals surface area contributed by atoms with Gasteiger partial charge in [0.2, 0.25) is 0 Å². The molecule has 0 radical (unpaired) electrons. The first-order valence-electron chi connectivity index (χ1n) is 36.4. The molecule has 0 bridgehead atoms. The van der Waals surface area contributed by atoms with Crippen LogP contribution in [0.25, 0.3) is 0 Å². The quantitative estimate of drug-likeness (QED) is 0.0261. The first-order chi connectivity index (χ1) is 41.0. The average Bonchev–Trinajstić information content (AvgIpc) is 3.49. The molecule has 1 unspecified atom stereocenters. The van der Waals surface area contributed by atoms with E-state index in [4.69, 9.17) is 14.2 Å². The third-order valence-electron chi connectivity index (χ3n) is 16.2. The SMILES string of the molecule is CCCCCC/C=C\CCCCCCCC(=O)OCC(COC(=O)CCCCCCCCCCCCCCCCCCCCC/C=C\C/C=C\CCCCCCC)OC(=O)CCCCCCCC/C=C\C/C=C\C/C=C\CCCCCCC. The Morgan fingerprint density at radius 2 is 0.434 bits per heavy atom. The smallest absolute Gasteiger partial charge is 0.306 e. The molecule has 0 rings (SSSR count). The molecule has 0 aliphatic carbocycles. The maximum atomic E-state index is 12.9. The average molecular weight is 1160 g/mol. The summed E-state index contributed by atoms with van der Waals surface area (Å²) in [5.41, 5.74) is 0. The summed E-state index contributed by atoms with van der Waals surface area (Å²) in [6, 6.07) is 0. The van der Waals surface area contributed by atoms with Gasteiger partial charge in [0.1, 0.15) is 13.2 Å². The van der Waals surface area contributed by atoms with Crippen LogP contribution in [-0.2, 0) is 28.6 Å². The highest BCUT2D eigenvalue weighted by molar-refractivity contribution is 5.71. The Bertz CT molecular complexity index is 1520. The number of rotatable bonds is 67. The molecule has 0 aromatic heterocycles.